The van der Waals surface area contributed by atoms with Crippen molar-refractivity contribution < 1.29 is 116 Å². The number of nitrogens with zero attached hydrogens (tertiary/aromatic N) is 1. The van der Waals surface area contributed by atoms with Crippen LogP contribution in [0, 0.1) is 13.8 Å². The molecule has 0 saturated carbocycles. The van der Waals surface area contributed by atoms with Crippen molar-refractivity contribution >= 4 is 45.7 Å². The molecule has 12 aromatic carbocycles. The van der Waals surface area contributed by atoms with Gasteiger partial charge in [-0.15, -0.1) is 0 Å². The Morgan fingerprint density at radius 1 is 0.287 bits per heavy atom. The number of fused-ring (bicyclic) bond motifs is 9. The van der Waals surface area contributed by atoms with E-state index in [1.807, 2.05) is 60.7 Å². The molecule has 15 rings (SSSR count). The first-order valence-corrected chi connectivity index (χ1v) is 52.9. The number of benzene rings is 12. The average molecular weight is 2040 g/mol. The van der Waals surface area contributed by atoms with Gasteiger partial charge >= 0.3 is 23.9 Å². The Morgan fingerprint density at radius 3 is 0.927 bits per heavy atom. The lowest BCUT2D eigenvalue weighted by molar-refractivity contribution is 0.00435. The third-order valence-electron chi connectivity index (χ3n) is 28.6. The zero-order valence-electron chi connectivity index (χ0n) is 87.3. The quantitative estimate of drug-likeness (QED) is 0.0193. The molecule has 0 saturated heterocycles. The molecule has 13 aromatic rings. The van der Waals surface area contributed by atoms with E-state index in [1.54, 1.807) is 62.8 Å². The summed E-state index contributed by atoms with van der Waals surface area (Å²) in [5, 5.41) is 67.1. The van der Waals surface area contributed by atoms with Crippen LogP contribution in [0.25, 0.3) is 88.6 Å². The summed E-state index contributed by atoms with van der Waals surface area (Å²) < 4.78 is 83.5. The number of ether oxygens (including phenoxy) is 14. The number of rotatable bonds is 67. The highest BCUT2D eigenvalue weighted by Gasteiger charge is 2.50. The SMILES string of the molecule is CCCCCCCCC(CCCCCCCC)n1c2cc(-c3ccc4c(c3)C(c3ccc(COCCOCCOCCO)c(C(=O)O)c3)(c3ccc(OCCOCCOCCOC)c(C(=O)O)c3)c3cc(-c5ccccc5)ccc3-4)c(C)cc2c2cc(C)c(-c3ccc4c(c3)C(c3ccc(COCCOCCOCCO)c(C(=O)O)c3)(c3ccc(OCCOCCOCCOC)c(C(=O)O)c3)c3cc(-c5ccccc5)ccc3-4)cc21. The summed E-state index contributed by atoms with van der Waals surface area (Å²) in [5.74, 6) is -4.62. The van der Waals surface area contributed by atoms with E-state index in [0.29, 0.717) is 73.0 Å². The molecular formula is C125H143NO24. The van der Waals surface area contributed by atoms with Crippen LogP contribution in [0.5, 0.6) is 11.5 Å². The third-order valence-corrected chi connectivity index (χ3v) is 28.6. The van der Waals surface area contributed by atoms with Crippen LogP contribution in [0.1, 0.15) is 218 Å². The average Bonchev–Trinajstić information content (AvgIpc) is 1.53. The van der Waals surface area contributed by atoms with E-state index in [9.17, 15) is 49.8 Å². The molecule has 0 aliphatic heterocycles. The molecule has 0 radical (unpaired) electrons. The van der Waals surface area contributed by atoms with Crippen LogP contribution in [-0.2, 0) is 80.9 Å². The van der Waals surface area contributed by atoms with Crippen LogP contribution >= 0.6 is 0 Å². The summed E-state index contributed by atoms with van der Waals surface area (Å²) in [6.07, 6.45) is 15.1. The second kappa shape index (κ2) is 55.9. The van der Waals surface area contributed by atoms with Crippen LogP contribution in [0.2, 0.25) is 0 Å². The van der Waals surface area contributed by atoms with Crippen LogP contribution in [-0.4, -0.2) is 232 Å². The number of aromatic carboxylic acids is 4. The molecular weight excluding hydrogens is 1900 g/mol. The molecule has 25 nitrogen and oxygen atoms in total. The Morgan fingerprint density at radius 2 is 0.587 bits per heavy atom. The second-order valence-corrected chi connectivity index (χ2v) is 38.3. The molecule has 150 heavy (non-hydrogen) atoms. The minimum absolute atomic E-state index is 0.00760. The van der Waals surface area contributed by atoms with E-state index in [1.165, 1.54) is 12.8 Å². The van der Waals surface area contributed by atoms with Gasteiger partial charge in [-0.05, 0) is 245 Å². The van der Waals surface area contributed by atoms with E-state index in [4.69, 9.17) is 66.3 Å². The topological polar surface area (TPSA) is 324 Å². The number of aliphatic hydroxyl groups is 2. The molecule has 2 atom stereocenters. The highest BCUT2D eigenvalue weighted by Crippen LogP contribution is 2.61. The molecule has 6 N–H and O–H groups in total. The minimum Gasteiger partial charge on any atom is -0.490 e. The number of carboxylic acids is 4. The summed E-state index contributed by atoms with van der Waals surface area (Å²) in [6.45, 7) is 13.9. The molecule has 2 aliphatic carbocycles. The van der Waals surface area contributed by atoms with E-state index in [0.717, 1.165) is 199 Å². The number of aliphatic hydroxyl groups excluding tert-OH is 2. The fourth-order valence-corrected chi connectivity index (χ4v) is 21.4. The predicted molar refractivity (Wildman–Crippen MR) is 583 cm³/mol. The zero-order chi connectivity index (χ0) is 105. The van der Waals surface area contributed by atoms with E-state index >= 15 is 0 Å². The second-order valence-electron chi connectivity index (χ2n) is 38.3. The van der Waals surface area contributed by atoms with Crippen molar-refractivity contribution in [2.75, 3.05) is 173 Å². The summed E-state index contributed by atoms with van der Waals surface area (Å²) >= 11 is 0. The summed E-state index contributed by atoms with van der Waals surface area (Å²) in [6, 6.07) is 77.1. The number of methoxy groups -OCH3 is 2. The van der Waals surface area contributed by atoms with Gasteiger partial charge in [0, 0.05) is 42.1 Å². The largest absolute Gasteiger partial charge is 0.490 e. The maximum atomic E-state index is 14.2. The number of hydrogen-bond donors (Lipinski definition) is 6. The highest BCUT2D eigenvalue weighted by atomic mass is 16.6. The zero-order valence-corrected chi connectivity index (χ0v) is 87.3. The summed E-state index contributed by atoms with van der Waals surface area (Å²) in [4.78, 5) is 56.9. The molecule has 792 valence electrons. The van der Waals surface area contributed by atoms with E-state index in [-0.39, 0.29) is 172 Å². The monoisotopic (exact) mass is 2040 g/mol. The fourth-order valence-electron chi connectivity index (χ4n) is 21.4. The number of carboxylic acid groups (broad SMARTS) is 4. The Bertz CT molecular complexity index is 6110. The van der Waals surface area contributed by atoms with Crippen molar-refractivity contribution in [3.63, 3.8) is 0 Å². The van der Waals surface area contributed by atoms with Crippen molar-refractivity contribution in [2.24, 2.45) is 0 Å². The van der Waals surface area contributed by atoms with Crippen LogP contribution in [0.3, 0.4) is 0 Å². The molecule has 0 spiro atoms. The fraction of sp³-hybridized carbons (Fsp3) is 0.392. The smallest absolute Gasteiger partial charge is 0.339 e. The van der Waals surface area contributed by atoms with Crippen molar-refractivity contribution in [2.45, 2.75) is 148 Å². The number of unbranched alkanes of at least 4 members (excludes halogenated alkanes) is 10. The number of carbonyl (C=O) groups is 4. The first-order valence-electron chi connectivity index (χ1n) is 52.9. The Hall–Kier alpha value is -12.6. The van der Waals surface area contributed by atoms with Crippen molar-refractivity contribution in [3.8, 4) is 78.3 Å². The van der Waals surface area contributed by atoms with Gasteiger partial charge in [-0.25, -0.2) is 19.2 Å². The van der Waals surface area contributed by atoms with Crippen LogP contribution < -0.4 is 9.47 Å². The first kappa shape index (κ1) is 111. The van der Waals surface area contributed by atoms with E-state index in [2.05, 4.69) is 154 Å². The normalized spacial score (nSPS) is 14.0. The standard InChI is InChI=1S/C125H143NO24/c1-7-9-11-13-15-23-29-99(30-24-16-14-12-10-8-2)126-116-81-104(91-35-43-102-100-41-33-89(87-25-19-17-20-26-87)73-112(100)124(114(102)75-91,95-37-31-93(106(77-95)120(129)130)83-147-65-63-143-57-55-139-49-47-127)97-39-45-118(110(79-97)122(133)134)149-69-67-145-61-59-141-53-51-137-5)85(3)71-108(116)109-72-86(4)105(82-117(109)126)92-36-44-103-101-42-34-90(88-27-21-18-22-28-88)74-113(101)125(115(103)76-92,96-38-32-94(107(78-96)121(131)132)84-148-66-64-144-58-56-140-50-48-128)98-40-46-119(111(80-98)123(135)136)150-70-68-146-62-60-142-54-52-138-6/h17-22,25-28,31-46,71-82,99,127-128H,7-16,23-24,29-30,47-70,83-84H2,1-6H3,(H,129,130)(H,131,132)(H,133,134)(H,135,136). The maximum absolute atomic E-state index is 14.2. The third kappa shape index (κ3) is 26.6. The van der Waals surface area contributed by atoms with Crippen LogP contribution in [0.4, 0.5) is 0 Å². The lowest BCUT2D eigenvalue weighted by Gasteiger charge is -2.35. The molecule has 0 amide bonds. The number of aromatic nitrogens is 1. The molecule has 2 aliphatic rings. The first-order chi connectivity index (χ1) is 73.4. The maximum Gasteiger partial charge on any atom is 0.339 e. The van der Waals surface area contributed by atoms with Gasteiger partial charge < -0.3 is 102 Å². The molecule has 1 aromatic heterocycles. The molecule has 2 unspecified atom stereocenters. The molecule has 1 heterocycles. The van der Waals surface area contributed by atoms with Gasteiger partial charge in [-0.1, -0.05) is 236 Å². The lowest BCUT2D eigenvalue weighted by atomic mass is 9.66. The van der Waals surface area contributed by atoms with Crippen molar-refractivity contribution in [1.29, 1.82) is 0 Å². The molecule has 25 heteroatoms. The van der Waals surface area contributed by atoms with Crippen LogP contribution in [0.15, 0.2) is 231 Å². The summed E-state index contributed by atoms with van der Waals surface area (Å²) in [7, 11) is 3.22. The van der Waals surface area contributed by atoms with Gasteiger partial charge in [0.25, 0.3) is 0 Å². The number of aryl methyl sites for hydroxylation is 2. The lowest BCUT2D eigenvalue weighted by Crippen LogP contribution is -2.30. The van der Waals surface area contributed by atoms with Crippen molar-refractivity contribution in [1.82, 2.24) is 4.57 Å². The number of hydrogen-bond acceptors (Lipinski definition) is 20. The van der Waals surface area contributed by atoms with Gasteiger partial charge in [-0.3, -0.25) is 0 Å². The van der Waals surface area contributed by atoms with Gasteiger partial charge in [0.1, 0.15) is 35.8 Å². The Labute approximate surface area is 879 Å². The van der Waals surface area contributed by atoms with Crippen molar-refractivity contribution in [3.05, 3.63) is 320 Å². The van der Waals surface area contributed by atoms with Gasteiger partial charge in [0.15, 0.2) is 0 Å². The minimum atomic E-state index is -1.45. The van der Waals surface area contributed by atoms with Gasteiger partial charge in [0.2, 0.25) is 0 Å². The highest BCUT2D eigenvalue weighted by molar-refractivity contribution is 6.12. The van der Waals surface area contributed by atoms with E-state index < -0.39 is 34.7 Å². The van der Waals surface area contributed by atoms with Gasteiger partial charge in [-0.2, -0.15) is 0 Å². The summed E-state index contributed by atoms with van der Waals surface area (Å²) in [5.41, 5.74) is 17.9. The Balaban J connectivity index is 0.932. The Kier molecular flexibility index (Phi) is 41.6. The predicted octanol–water partition coefficient (Wildman–Crippen LogP) is 23.8. The van der Waals surface area contributed by atoms with Gasteiger partial charge in [0.05, 0.1) is 181 Å². The molecule has 0 bridgehead atoms. The molecule has 0 fully saturated rings.